The predicted molar refractivity (Wildman–Crippen MR) is 59.7 cm³/mol. The van der Waals surface area contributed by atoms with E-state index in [4.69, 9.17) is 17.3 Å². The van der Waals surface area contributed by atoms with Crippen molar-refractivity contribution in [2.24, 2.45) is 5.73 Å². The Morgan fingerprint density at radius 3 is 2.80 bits per heavy atom. The number of hydrogen-bond donors (Lipinski definition) is 1. The van der Waals surface area contributed by atoms with Gasteiger partial charge in [-0.25, -0.2) is 0 Å². The average molecular weight is 224 g/mol. The van der Waals surface area contributed by atoms with Crippen LogP contribution < -0.4 is 5.73 Å². The van der Waals surface area contributed by atoms with Gasteiger partial charge in [0.15, 0.2) is 0 Å². The number of nitrogens with two attached hydrogens (primary N) is 1. The molecule has 4 heteroatoms. The largest absolute Gasteiger partial charge is 0.369 e. The van der Waals surface area contributed by atoms with Gasteiger partial charge in [0.05, 0.1) is 0 Å². The SMILES string of the molecule is NC(=O)CC=Cc1cc(C=O)ccc1Cl. The Bertz CT molecular complexity index is 413. The van der Waals surface area contributed by atoms with Crippen LogP contribution in [0.1, 0.15) is 22.3 Å². The number of aldehydes is 1. The van der Waals surface area contributed by atoms with E-state index in [1.807, 2.05) is 0 Å². The van der Waals surface area contributed by atoms with E-state index in [2.05, 4.69) is 0 Å². The molecule has 78 valence electrons. The molecule has 1 rings (SSSR count). The summed E-state index contributed by atoms with van der Waals surface area (Å²) in [5.41, 5.74) is 6.21. The molecule has 0 saturated carbocycles. The highest BCUT2D eigenvalue weighted by Gasteiger charge is 1.98. The second-order valence-electron chi connectivity index (χ2n) is 2.97. The fourth-order valence-corrected chi connectivity index (χ4v) is 1.25. The molecule has 0 aliphatic rings. The van der Waals surface area contributed by atoms with Crippen molar-refractivity contribution >= 4 is 29.9 Å². The molecule has 0 saturated heterocycles. The third kappa shape index (κ3) is 3.56. The summed E-state index contributed by atoms with van der Waals surface area (Å²) >= 11 is 5.89. The van der Waals surface area contributed by atoms with E-state index in [1.54, 1.807) is 30.4 Å². The number of amides is 1. The van der Waals surface area contributed by atoms with Crippen molar-refractivity contribution in [3.63, 3.8) is 0 Å². The molecule has 1 amide bonds. The summed E-state index contributed by atoms with van der Waals surface area (Å²) in [6, 6.07) is 4.91. The van der Waals surface area contributed by atoms with Crippen molar-refractivity contribution in [1.29, 1.82) is 0 Å². The highest BCUT2D eigenvalue weighted by Crippen LogP contribution is 2.18. The van der Waals surface area contributed by atoms with Crippen molar-refractivity contribution in [3.05, 3.63) is 40.4 Å². The van der Waals surface area contributed by atoms with E-state index >= 15 is 0 Å². The molecule has 0 bridgehead atoms. The van der Waals surface area contributed by atoms with E-state index < -0.39 is 5.91 Å². The third-order valence-corrected chi connectivity index (χ3v) is 2.12. The Balaban J connectivity index is 2.88. The Hall–Kier alpha value is -1.61. The van der Waals surface area contributed by atoms with Gasteiger partial charge in [0.2, 0.25) is 5.91 Å². The summed E-state index contributed by atoms with van der Waals surface area (Å²) in [4.78, 5) is 21.0. The molecule has 15 heavy (non-hydrogen) atoms. The van der Waals surface area contributed by atoms with Gasteiger partial charge in [0.1, 0.15) is 6.29 Å². The summed E-state index contributed by atoms with van der Waals surface area (Å²) in [6.07, 6.45) is 4.17. The summed E-state index contributed by atoms with van der Waals surface area (Å²) in [6.45, 7) is 0. The number of hydrogen-bond acceptors (Lipinski definition) is 2. The summed E-state index contributed by atoms with van der Waals surface area (Å²) in [5.74, 6) is -0.408. The molecule has 0 aliphatic heterocycles. The lowest BCUT2D eigenvalue weighted by Gasteiger charge is -1.98. The fraction of sp³-hybridized carbons (Fsp3) is 0.0909. The predicted octanol–water partition coefficient (Wildman–Crippen LogP) is 2.04. The molecule has 1 aromatic rings. The quantitative estimate of drug-likeness (QED) is 0.794. The van der Waals surface area contributed by atoms with E-state index in [9.17, 15) is 9.59 Å². The summed E-state index contributed by atoms with van der Waals surface area (Å²) in [7, 11) is 0. The minimum absolute atomic E-state index is 0.154. The van der Waals surface area contributed by atoms with Crippen LogP contribution in [0.15, 0.2) is 24.3 Å². The Morgan fingerprint density at radius 2 is 2.20 bits per heavy atom. The van der Waals surface area contributed by atoms with Crippen LogP contribution in [0.4, 0.5) is 0 Å². The molecule has 0 spiro atoms. The number of carbonyl (C=O) groups is 2. The molecular weight excluding hydrogens is 214 g/mol. The van der Waals surface area contributed by atoms with Gasteiger partial charge in [-0.3, -0.25) is 9.59 Å². The topological polar surface area (TPSA) is 60.2 Å². The zero-order valence-electron chi connectivity index (χ0n) is 7.94. The maximum absolute atomic E-state index is 10.5. The highest BCUT2D eigenvalue weighted by molar-refractivity contribution is 6.32. The van der Waals surface area contributed by atoms with Crippen LogP contribution in [0.5, 0.6) is 0 Å². The minimum atomic E-state index is -0.408. The van der Waals surface area contributed by atoms with E-state index in [-0.39, 0.29) is 6.42 Å². The van der Waals surface area contributed by atoms with Crippen molar-refractivity contribution < 1.29 is 9.59 Å². The van der Waals surface area contributed by atoms with Crippen molar-refractivity contribution in [1.82, 2.24) is 0 Å². The van der Waals surface area contributed by atoms with Gasteiger partial charge in [0, 0.05) is 17.0 Å². The van der Waals surface area contributed by atoms with Crippen molar-refractivity contribution in [3.8, 4) is 0 Å². The fourth-order valence-electron chi connectivity index (χ4n) is 1.07. The number of carbonyl (C=O) groups excluding carboxylic acids is 2. The lowest BCUT2D eigenvalue weighted by molar-refractivity contribution is -0.117. The second-order valence-corrected chi connectivity index (χ2v) is 3.38. The first-order valence-electron chi connectivity index (χ1n) is 4.33. The molecule has 0 heterocycles. The van der Waals surface area contributed by atoms with Crippen molar-refractivity contribution in [2.45, 2.75) is 6.42 Å². The van der Waals surface area contributed by atoms with Gasteiger partial charge < -0.3 is 5.73 Å². The Kier molecular flexibility index (Phi) is 4.06. The lowest BCUT2D eigenvalue weighted by Crippen LogP contribution is -2.07. The maximum atomic E-state index is 10.5. The molecule has 1 aromatic carbocycles. The Labute approximate surface area is 92.5 Å². The van der Waals surface area contributed by atoms with Gasteiger partial charge >= 0.3 is 0 Å². The molecule has 0 aromatic heterocycles. The number of primary amides is 1. The van der Waals surface area contributed by atoms with Crippen LogP contribution >= 0.6 is 11.6 Å². The van der Waals surface area contributed by atoms with Crippen LogP contribution in [0.3, 0.4) is 0 Å². The first-order chi connectivity index (χ1) is 7.13. The molecule has 0 radical (unpaired) electrons. The smallest absolute Gasteiger partial charge is 0.221 e. The molecule has 0 unspecified atom stereocenters. The van der Waals surface area contributed by atoms with Crippen molar-refractivity contribution in [2.75, 3.05) is 0 Å². The van der Waals surface area contributed by atoms with Gasteiger partial charge in [-0.15, -0.1) is 0 Å². The third-order valence-electron chi connectivity index (χ3n) is 1.77. The molecular formula is C11H10ClNO2. The van der Waals surface area contributed by atoms with Gasteiger partial charge in [-0.05, 0) is 17.7 Å². The first kappa shape index (κ1) is 11.5. The van der Waals surface area contributed by atoms with Crippen LogP contribution in [0, 0.1) is 0 Å². The average Bonchev–Trinajstić information content (AvgIpc) is 2.20. The Morgan fingerprint density at radius 1 is 1.47 bits per heavy atom. The molecule has 0 fully saturated rings. The maximum Gasteiger partial charge on any atom is 0.221 e. The van der Waals surface area contributed by atoms with Gasteiger partial charge in [-0.2, -0.15) is 0 Å². The van der Waals surface area contributed by atoms with Crippen LogP contribution in [0.2, 0.25) is 5.02 Å². The van der Waals surface area contributed by atoms with Crippen LogP contribution in [0.25, 0.3) is 6.08 Å². The van der Waals surface area contributed by atoms with Crippen LogP contribution in [-0.4, -0.2) is 12.2 Å². The zero-order chi connectivity index (χ0) is 11.3. The molecule has 3 nitrogen and oxygen atoms in total. The molecule has 0 atom stereocenters. The van der Waals surface area contributed by atoms with Gasteiger partial charge in [-0.1, -0.05) is 29.8 Å². The monoisotopic (exact) mass is 223 g/mol. The number of benzene rings is 1. The number of halogens is 1. The normalized spacial score (nSPS) is 10.5. The molecule has 0 aliphatic carbocycles. The lowest BCUT2D eigenvalue weighted by atomic mass is 10.1. The zero-order valence-corrected chi connectivity index (χ0v) is 8.70. The van der Waals surface area contributed by atoms with E-state index in [0.717, 1.165) is 6.29 Å². The van der Waals surface area contributed by atoms with E-state index in [1.165, 1.54) is 0 Å². The van der Waals surface area contributed by atoms with Crippen LogP contribution in [-0.2, 0) is 4.79 Å². The number of rotatable bonds is 4. The second kappa shape index (κ2) is 5.32. The first-order valence-corrected chi connectivity index (χ1v) is 4.71. The highest BCUT2D eigenvalue weighted by atomic mass is 35.5. The summed E-state index contributed by atoms with van der Waals surface area (Å²) in [5, 5.41) is 0.529. The summed E-state index contributed by atoms with van der Waals surface area (Å²) < 4.78 is 0. The van der Waals surface area contributed by atoms with E-state index in [0.29, 0.717) is 16.1 Å². The standard InChI is InChI=1S/C11H10ClNO2/c12-10-5-4-8(7-14)6-9(10)2-1-3-11(13)15/h1-2,4-7H,3H2,(H2,13,15). The van der Waals surface area contributed by atoms with Gasteiger partial charge in [0.25, 0.3) is 0 Å². The minimum Gasteiger partial charge on any atom is -0.369 e. The molecule has 2 N–H and O–H groups in total.